The van der Waals surface area contributed by atoms with Gasteiger partial charge in [-0.15, -0.1) is 0 Å². The number of carbonyl (C=O) groups is 1. The van der Waals surface area contributed by atoms with Gasteiger partial charge in [0.15, 0.2) is 0 Å². The van der Waals surface area contributed by atoms with Gasteiger partial charge in [0, 0.05) is 20.0 Å². The van der Waals surface area contributed by atoms with Crippen LogP contribution >= 0.6 is 0 Å². The predicted octanol–water partition coefficient (Wildman–Crippen LogP) is 0.278. The van der Waals surface area contributed by atoms with E-state index in [1.807, 2.05) is 0 Å². The number of hydrogen-bond donors (Lipinski definition) is 2. The summed E-state index contributed by atoms with van der Waals surface area (Å²) in [7, 11) is 1.77. The van der Waals surface area contributed by atoms with E-state index in [1.54, 1.807) is 18.7 Å². The number of rotatable bonds is 5. The van der Waals surface area contributed by atoms with Crippen LogP contribution in [0.4, 0.5) is 5.82 Å². The number of aryl methyl sites for hydroxylation is 2. The quantitative estimate of drug-likeness (QED) is 0.698. The van der Waals surface area contributed by atoms with Crippen LogP contribution in [0.25, 0.3) is 0 Å². The summed E-state index contributed by atoms with van der Waals surface area (Å²) in [6, 6.07) is 2.10. The van der Waals surface area contributed by atoms with Crippen molar-refractivity contribution in [2.24, 2.45) is 12.8 Å². The highest BCUT2D eigenvalue weighted by atomic mass is 16.1. The molecule has 6 heteroatoms. The predicted molar refractivity (Wildman–Crippen MR) is 59.6 cm³/mol. The fraction of sp³-hybridized carbons (Fsp3) is 0.500. The molecule has 6 nitrogen and oxygen atoms in total. The Hall–Kier alpha value is -2.03. The fourth-order valence-electron chi connectivity index (χ4n) is 1.46. The van der Waals surface area contributed by atoms with E-state index in [1.165, 1.54) is 0 Å². The number of carbonyl (C=O) groups excluding carboxylic acids is 1. The fourth-order valence-corrected chi connectivity index (χ4v) is 1.46. The average molecular weight is 221 g/mol. The lowest BCUT2D eigenvalue weighted by Crippen LogP contribution is -2.13. The molecule has 0 aliphatic rings. The molecule has 1 aromatic rings. The van der Waals surface area contributed by atoms with Gasteiger partial charge in [-0.2, -0.15) is 10.4 Å². The summed E-state index contributed by atoms with van der Waals surface area (Å²) in [6.07, 6.45) is 0.982. The second kappa shape index (κ2) is 5.16. The number of anilines is 1. The first-order chi connectivity index (χ1) is 7.56. The summed E-state index contributed by atoms with van der Waals surface area (Å²) in [5, 5.41) is 16.2. The van der Waals surface area contributed by atoms with Crippen LogP contribution in [0.2, 0.25) is 0 Å². The third kappa shape index (κ3) is 2.73. The summed E-state index contributed by atoms with van der Waals surface area (Å²) >= 11 is 0. The second-order valence-electron chi connectivity index (χ2n) is 3.54. The Balaban J connectivity index is 2.60. The van der Waals surface area contributed by atoms with Crippen molar-refractivity contribution in [1.29, 1.82) is 5.26 Å². The van der Waals surface area contributed by atoms with E-state index in [9.17, 15) is 4.79 Å². The molecule has 86 valence electrons. The van der Waals surface area contributed by atoms with Crippen LogP contribution in [-0.4, -0.2) is 22.2 Å². The number of nitriles is 1. The van der Waals surface area contributed by atoms with Crippen molar-refractivity contribution in [3.63, 3.8) is 0 Å². The third-order valence-corrected chi connectivity index (χ3v) is 2.23. The molecule has 0 unspecified atom stereocenters. The van der Waals surface area contributed by atoms with Crippen molar-refractivity contribution in [2.75, 3.05) is 11.9 Å². The highest BCUT2D eigenvalue weighted by Gasteiger charge is 2.11. The van der Waals surface area contributed by atoms with Gasteiger partial charge in [-0.25, -0.2) is 0 Å². The summed E-state index contributed by atoms with van der Waals surface area (Å²) < 4.78 is 1.62. The van der Waals surface area contributed by atoms with Crippen molar-refractivity contribution in [3.05, 3.63) is 11.3 Å². The molecule has 0 saturated heterocycles. The van der Waals surface area contributed by atoms with E-state index >= 15 is 0 Å². The maximum Gasteiger partial charge on any atom is 0.217 e. The number of nitrogens with zero attached hydrogens (tertiary/aromatic N) is 3. The lowest BCUT2D eigenvalue weighted by atomic mass is 10.2. The first kappa shape index (κ1) is 12.0. The van der Waals surface area contributed by atoms with Gasteiger partial charge in [-0.05, 0) is 13.3 Å². The SMILES string of the molecule is Cc1nn(C)c(NCCCC(N)=O)c1C#N. The van der Waals surface area contributed by atoms with Crippen molar-refractivity contribution >= 4 is 11.7 Å². The minimum absolute atomic E-state index is 0.316. The standard InChI is InChI=1S/C10H15N5O/c1-7-8(6-11)10(15(2)14-7)13-5-3-4-9(12)16/h13H,3-5H2,1-2H3,(H2,12,16). The zero-order chi connectivity index (χ0) is 12.1. The van der Waals surface area contributed by atoms with Crippen molar-refractivity contribution in [2.45, 2.75) is 19.8 Å². The maximum atomic E-state index is 10.5. The van der Waals surface area contributed by atoms with Gasteiger partial charge in [0.05, 0.1) is 5.69 Å². The molecule has 1 rings (SSSR count). The monoisotopic (exact) mass is 221 g/mol. The molecule has 3 N–H and O–H groups in total. The zero-order valence-corrected chi connectivity index (χ0v) is 9.45. The van der Waals surface area contributed by atoms with E-state index in [2.05, 4.69) is 16.5 Å². The van der Waals surface area contributed by atoms with Gasteiger partial charge in [0.25, 0.3) is 0 Å². The second-order valence-corrected chi connectivity index (χ2v) is 3.54. The van der Waals surface area contributed by atoms with E-state index in [4.69, 9.17) is 11.0 Å². The van der Waals surface area contributed by atoms with Gasteiger partial charge in [0.2, 0.25) is 5.91 Å². The highest BCUT2D eigenvalue weighted by molar-refractivity contribution is 5.73. The van der Waals surface area contributed by atoms with Crippen LogP contribution in [0.15, 0.2) is 0 Å². The number of hydrogen-bond acceptors (Lipinski definition) is 4. The van der Waals surface area contributed by atoms with Crippen molar-refractivity contribution in [1.82, 2.24) is 9.78 Å². The summed E-state index contributed by atoms with van der Waals surface area (Å²) in [6.45, 7) is 2.38. The van der Waals surface area contributed by atoms with Crippen molar-refractivity contribution < 1.29 is 4.79 Å². The van der Waals surface area contributed by atoms with E-state index in [0.717, 1.165) is 0 Å². The van der Waals surface area contributed by atoms with Crippen LogP contribution in [0.5, 0.6) is 0 Å². The molecule has 16 heavy (non-hydrogen) atoms. The normalized spacial score (nSPS) is 9.81. The largest absolute Gasteiger partial charge is 0.370 e. The van der Waals surface area contributed by atoms with Gasteiger partial charge in [0.1, 0.15) is 17.5 Å². The topological polar surface area (TPSA) is 96.7 Å². The Morgan fingerprint density at radius 2 is 2.38 bits per heavy atom. The maximum absolute atomic E-state index is 10.5. The minimum Gasteiger partial charge on any atom is -0.370 e. The lowest BCUT2D eigenvalue weighted by Gasteiger charge is -2.05. The van der Waals surface area contributed by atoms with E-state index in [-0.39, 0.29) is 5.91 Å². The summed E-state index contributed by atoms with van der Waals surface area (Å²) in [5.41, 5.74) is 6.27. The van der Waals surface area contributed by atoms with Gasteiger partial charge >= 0.3 is 0 Å². The molecule has 0 aliphatic carbocycles. The average Bonchev–Trinajstić information content (AvgIpc) is 2.47. The van der Waals surface area contributed by atoms with E-state index < -0.39 is 0 Å². The van der Waals surface area contributed by atoms with Gasteiger partial charge in [-0.1, -0.05) is 0 Å². The van der Waals surface area contributed by atoms with E-state index in [0.29, 0.717) is 36.5 Å². The third-order valence-electron chi connectivity index (χ3n) is 2.23. The summed E-state index contributed by atoms with van der Waals surface area (Å²) in [4.78, 5) is 10.5. The highest BCUT2D eigenvalue weighted by Crippen LogP contribution is 2.16. The molecule has 1 amide bonds. The molecule has 0 atom stereocenters. The Kier molecular flexibility index (Phi) is 3.89. The Bertz CT molecular complexity index is 429. The van der Waals surface area contributed by atoms with Gasteiger partial charge < -0.3 is 11.1 Å². The van der Waals surface area contributed by atoms with Gasteiger partial charge in [-0.3, -0.25) is 9.48 Å². The molecule has 0 aromatic carbocycles. The Labute approximate surface area is 94.0 Å². The number of primary amides is 1. The molecule has 1 aromatic heterocycles. The number of amides is 1. The molecule has 0 spiro atoms. The number of nitrogens with one attached hydrogen (secondary N) is 1. The molecule has 0 aliphatic heterocycles. The van der Waals surface area contributed by atoms with Crippen molar-refractivity contribution in [3.8, 4) is 6.07 Å². The molecular formula is C10H15N5O. The summed E-state index contributed by atoms with van der Waals surface area (Å²) in [5.74, 6) is 0.368. The smallest absolute Gasteiger partial charge is 0.217 e. The Morgan fingerprint density at radius 3 is 2.94 bits per heavy atom. The first-order valence-electron chi connectivity index (χ1n) is 5.02. The number of aromatic nitrogens is 2. The van der Waals surface area contributed by atoms with Crippen LogP contribution in [0, 0.1) is 18.3 Å². The Morgan fingerprint density at radius 1 is 1.69 bits per heavy atom. The van der Waals surface area contributed by atoms with Crippen LogP contribution in [0.3, 0.4) is 0 Å². The molecule has 1 heterocycles. The minimum atomic E-state index is -0.316. The molecular weight excluding hydrogens is 206 g/mol. The molecule has 0 saturated carbocycles. The number of nitrogens with two attached hydrogens (primary N) is 1. The van der Waals surface area contributed by atoms with Crippen LogP contribution in [-0.2, 0) is 11.8 Å². The molecule has 0 bridgehead atoms. The first-order valence-corrected chi connectivity index (χ1v) is 5.02. The van der Waals surface area contributed by atoms with Crippen LogP contribution < -0.4 is 11.1 Å². The van der Waals surface area contributed by atoms with Crippen LogP contribution in [0.1, 0.15) is 24.1 Å². The zero-order valence-electron chi connectivity index (χ0n) is 9.45. The molecule has 0 fully saturated rings. The lowest BCUT2D eigenvalue weighted by molar-refractivity contribution is -0.118. The molecule has 0 radical (unpaired) electrons.